The van der Waals surface area contributed by atoms with E-state index in [0.29, 0.717) is 12.1 Å². The second-order valence-electron chi connectivity index (χ2n) is 7.51. The molecule has 29 heavy (non-hydrogen) atoms. The zero-order valence-electron chi connectivity index (χ0n) is 16.8. The van der Waals surface area contributed by atoms with Crippen molar-refractivity contribution in [2.24, 2.45) is 0 Å². The minimum absolute atomic E-state index is 0.000807. The van der Waals surface area contributed by atoms with Crippen molar-refractivity contribution in [2.75, 3.05) is 35.6 Å². The van der Waals surface area contributed by atoms with Crippen LogP contribution in [-0.4, -0.2) is 48.1 Å². The molecule has 0 spiro atoms. The Hall–Kier alpha value is -2.31. The highest BCUT2D eigenvalue weighted by atomic mass is 32.2. The molecule has 2 heterocycles. The third kappa shape index (κ3) is 4.33. The molecule has 2 aliphatic rings. The molecule has 2 amide bonds. The molecular weight excluding hydrogens is 382 g/mol. The van der Waals surface area contributed by atoms with Gasteiger partial charge in [0.2, 0.25) is 5.91 Å². The normalized spacial score (nSPS) is 17.6. The van der Waals surface area contributed by atoms with Gasteiger partial charge >= 0.3 is 0 Å². The van der Waals surface area contributed by atoms with Crippen LogP contribution >= 0.6 is 11.8 Å². The molecule has 1 unspecified atom stereocenters. The van der Waals surface area contributed by atoms with Crippen LogP contribution in [0.1, 0.15) is 36.5 Å². The minimum Gasteiger partial charge on any atom is -0.325 e. The van der Waals surface area contributed by atoms with Crippen molar-refractivity contribution in [3.63, 3.8) is 0 Å². The van der Waals surface area contributed by atoms with E-state index in [-0.39, 0.29) is 17.9 Å². The summed E-state index contributed by atoms with van der Waals surface area (Å²) in [6, 6.07) is 15.2. The van der Waals surface area contributed by atoms with Crippen molar-refractivity contribution in [3.8, 4) is 0 Å². The van der Waals surface area contributed by atoms with Crippen LogP contribution in [0.25, 0.3) is 0 Å². The number of nitrogens with zero attached hydrogens (tertiary/aromatic N) is 2. The predicted octanol–water partition coefficient (Wildman–Crippen LogP) is 4.25. The molecule has 6 heteroatoms. The van der Waals surface area contributed by atoms with Gasteiger partial charge in [0.15, 0.2) is 0 Å². The number of carbonyl (C=O) groups is 2. The van der Waals surface area contributed by atoms with Crippen molar-refractivity contribution in [1.29, 1.82) is 0 Å². The molecule has 0 saturated carbocycles. The van der Waals surface area contributed by atoms with Crippen LogP contribution in [-0.2, 0) is 4.79 Å². The van der Waals surface area contributed by atoms with E-state index in [0.717, 1.165) is 54.4 Å². The van der Waals surface area contributed by atoms with Crippen molar-refractivity contribution < 1.29 is 9.59 Å². The van der Waals surface area contributed by atoms with Crippen LogP contribution < -0.4 is 10.2 Å². The van der Waals surface area contributed by atoms with Gasteiger partial charge in [-0.2, -0.15) is 0 Å². The number of thioether (sulfide) groups is 1. The van der Waals surface area contributed by atoms with E-state index in [1.807, 2.05) is 53.4 Å². The molecule has 0 bridgehead atoms. The smallest absolute Gasteiger partial charge is 0.258 e. The molecular formula is C23H27N3O2S. The van der Waals surface area contributed by atoms with Crippen molar-refractivity contribution in [2.45, 2.75) is 37.1 Å². The van der Waals surface area contributed by atoms with Gasteiger partial charge in [0.25, 0.3) is 5.91 Å². The molecule has 1 N–H and O–H groups in total. The molecule has 2 aromatic rings. The summed E-state index contributed by atoms with van der Waals surface area (Å²) in [4.78, 5) is 31.1. The van der Waals surface area contributed by atoms with Gasteiger partial charge in [-0.15, -0.1) is 11.8 Å². The molecule has 2 aromatic carbocycles. The topological polar surface area (TPSA) is 52.7 Å². The van der Waals surface area contributed by atoms with E-state index < -0.39 is 0 Å². The molecule has 1 saturated heterocycles. The van der Waals surface area contributed by atoms with Crippen LogP contribution in [0.2, 0.25) is 0 Å². The highest BCUT2D eigenvalue weighted by Gasteiger charge is 2.28. The molecule has 0 radical (unpaired) electrons. The molecule has 4 rings (SSSR count). The third-order valence-corrected chi connectivity index (χ3v) is 6.67. The Morgan fingerprint density at radius 3 is 2.55 bits per heavy atom. The number of fused-ring (bicyclic) bond motifs is 1. The van der Waals surface area contributed by atoms with Gasteiger partial charge in [0.1, 0.15) is 0 Å². The van der Waals surface area contributed by atoms with Gasteiger partial charge < -0.3 is 10.2 Å². The highest BCUT2D eigenvalue weighted by molar-refractivity contribution is 7.99. The number of carbonyl (C=O) groups excluding carboxylic acids is 2. The fourth-order valence-corrected chi connectivity index (χ4v) is 5.11. The first-order chi connectivity index (χ1) is 14.2. The van der Waals surface area contributed by atoms with Gasteiger partial charge in [0.05, 0.1) is 11.7 Å². The van der Waals surface area contributed by atoms with Crippen LogP contribution in [0.15, 0.2) is 53.4 Å². The Balaban J connectivity index is 1.55. The lowest BCUT2D eigenvalue weighted by atomic mass is 10.1. The summed E-state index contributed by atoms with van der Waals surface area (Å²) in [6.45, 7) is 4.71. The van der Waals surface area contributed by atoms with E-state index in [2.05, 4.69) is 17.1 Å². The third-order valence-electron chi connectivity index (χ3n) is 5.63. The quantitative estimate of drug-likeness (QED) is 0.802. The molecule has 1 fully saturated rings. The maximum Gasteiger partial charge on any atom is 0.258 e. The molecule has 1 atom stereocenters. The van der Waals surface area contributed by atoms with Gasteiger partial charge in [-0.05, 0) is 62.7 Å². The Kier molecular flexibility index (Phi) is 6.21. The van der Waals surface area contributed by atoms with Crippen LogP contribution in [0.5, 0.6) is 0 Å². The fraction of sp³-hybridized carbons (Fsp3) is 0.391. The van der Waals surface area contributed by atoms with Crippen molar-refractivity contribution in [1.82, 2.24) is 4.90 Å². The summed E-state index contributed by atoms with van der Waals surface area (Å²) in [6.07, 6.45) is 3.12. The number of amides is 2. The lowest BCUT2D eigenvalue weighted by Crippen LogP contribution is -2.42. The first-order valence-corrected chi connectivity index (χ1v) is 11.3. The number of likely N-dealkylation sites (tertiary alicyclic amines) is 1. The van der Waals surface area contributed by atoms with Gasteiger partial charge in [-0.25, -0.2) is 0 Å². The van der Waals surface area contributed by atoms with E-state index in [1.54, 1.807) is 11.8 Å². The lowest BCUT2D eigenvalue weighted by Gasteiger charge is -2.30. The fourth-order valence-electron chi connectivity index (χ4n) is 4.13. The maximum absolute atomic E-state index is 13.0. The number of hydrogen-bond donors (Lipinski definition) is 1. The van der Waals surface area contributed by atoms with Crippen LogP contribution in [0.3, 0.4) is 0 Å². The van der Waals surface area contributed by atoms with Gasteiger partial charge in [0, 0.05) is 28.4 Å². The van der Waals surface area contributed by atoms with E-state index >= 15 is 0 Å². The summed E-state index contributed by atoms with van der Waals surface area (Å²) >= 11 is 1.75. The maximum atomic E-state index is 13.0. The number of rotatable bonds is 5. The van der Waals surface area contributed by atoms with E-state index in [1.165, 1.54) is 0 Å². The number of anilines is 2. The molecule has 2 aliphatic heterocycles. The van der Waals surface area contributed by atoms with Crippen molar-refractivity contribution in [3.05, 3.63) is 54.1 Å². The standard InChI is InChI=1S/C23H27N3O2S/c1-2-19(25-12-6-7-13-25)22(27)24-18-10-11-21-20(16-18)26(14-15-29-21)23(28)17-8-4-3-5-9-17/h3-5,8-11,16,19H,2,6-7,12-15H2,1H3,(H,24,27). The molecule has 152 valence electrons. The zero-order chi connectivity index (χ0) is 20.2. The Labute approximate surface area is 176 Å². The number of nitrogens with one attached hydrogen (secondary N) is 1. The molecule has 0 aliphatic carbocycles. The van der Waals surface area contributed by atoms with Crippen LogP contribution in [0, 0.1) is 0 Å². The SMILES string of the molecule is CCC(C(=O)Nc1ccc2c(c1)N(C(=O)c1ccccc1)CCS2)N1CCCC1. The summed E-state index contributed by atoms with van der Waals surface area (Å²) in [5.41, 5.74) is 2.31. The van der Waals surface area contributed by atoms with E-state index in [9.17, 15) is 9.59 Å². The molecule has 0 aromatic heterocycles. The Bertz CT molecular complexity index is 881. The number of benzene rings is 2. The molecule has 5 nitrogen and oxygen atoms in total. The average Bonchev–Trinajstić information content (AvgIpc) is 3.28. The monoisotopic (exact) mass is 409 g/mol. The summed E-state index contributed by atoms with van der Waals surface area (Å²) in [5, 5.41) is 3.09. The Morgan fingerprint density at radius 2 is 1.83 bits per heavy atom. The Morgan fingerprint density at radius 1 is 1.07 bits per heavy atom. The second-order valence-corrected chi connectivity index (χ2v) is 8.65. The highest BCUT2D eigenvalue weighted by Crippen LogP contribution is 2.37. The van der Waals surface area contributed by atoms with Crippen LogP contribution in [0.4, 0.5) is 11.4 Å². The summed E-state index contributed by atoms with van der Waals surface area (Å²) in [5.74, 6) is 0.905. The van der Waals surface area contributed by atoms with E-state index in [4.69, 9.17) is 0 Å². The number of hydrogen-bond acceptors (Lipinski definition) is 4. The van der Waals surface area contributed by atoms with Crippen molar-refractivity contribution >= 4 is 35.0 Å². The lowest BCUT2D eigenvalue weighted by molar-refractivity contribution is -0.121. The van der Waals surface area contributed by atoms with Gasteiger partial charge in [-0.3, -0.25) is 14.5 Å². The first kappa shape index (κ1) is 20.0. The minimum atomic E-state index is -0.0926. The second kappa shape index (κ2) is 9.01. The van der Waals surface area contributed by atoms with Gasteiger partial charge in [-0.1, -0.05) is 25.1 Å². The summed E-state index contributed by atoms with van der Waals surface area (Å²) in [7, 11) is 0. The predicted molar refractivity (Wildman–Crippen MR) is 119 cm³/mol. The zero-order valence-corrected chi connectivity index (χ0v) is 17.6. The average molecular weight is 410 g/mol. The first-order valence-electron chi connectivity index (χ1n) is 10.4. The summed E-state index contributed by atoms with van der Waals surface area (Å²) < 4.78 is 0. The largest absolute Gasteiger partial charge is 0.325 e.